The second kappa shape index (κ2) is 6.37. The van der Waals surface area contributed by atoms with E-state index in [1.54, 1.807) is 19.1 Å². The molecule has 0 unspecified atom stereocenters. The lowest BCUT2D eigenvalue weighted by Gasteiger charge is -2.22. The van der Waals surface area contributed by atoms with Crippen LogP contribution in [0.2, 0.25) is 0 Å². The molecule has 0 bridgehead atoms. The fraction of sp³-hybridized carbons (Fsp3) is 0.235. The van der Waals surface area contributed by atoms with Crippen molar-refractivity contribution in [2.75, 3.05) is 7.11 Å². The number of carboxylic acids is 1. The summed E-state index contributed by atoms with van der Waals surface area (Å²) in [5.41, 5.74) is 2.60. The predicted octanol–water partition coefficient (Wildman–Crippen LogP) is 3.93. The number of ether oxygens (including phenoxy) is 1. The number of hydrogen-bond acceptors (Lipinski definition) is 5. The highest BCUT2D eigenvalue weighted by molar-refractivity contribution is 7.12. The number of fused-ring (bicyclic) bond motifs is 1. The minimum Gasteiger partial charge on any atom is -0.495 e. The first kappa shape index (κ1) is 16.7. The summed E-state index contributed by atoms with van der Waals surface area (Å²) in [6, 6.07) is 3.50. The number of aliphatic carboxylic acids is 1. The zero-order chi connectivity index (χ0) is 17.4. The number of hydrogen-bond donors (Lipinski definition) is 1. The summed E-state index contributed by atoms with van der Waals surface area (Å²) in [7, 11) is 1.45. The molecule has 1 N–H and O–H groups in total. The molecule has 0 saturated carbocycles. The van der Waals surface area contributed by atoms with Crippen LogP contribution in [0.3, 0.4) is 0 Å². The highest BCUT2D eigenvalue weighted by atomic mass is 35.5. The second-order valence-electron chi connectivity index (χ2n) is 5.36. The highest BCUT2D eigenvalue weighted by Gasteiger charge is 2.37. The van der Waals surface area contributed by atoms with E-state index in [1.165, 1.54) is 18.4 Å². The lowest BCUT2D eigenvalue weighted by molar-refractivity contribution is -0.136. The summed E-state index contributed by atoms with van der Waals surface area (Å²) in [5.74, 6) is -0.919. The van der Waals surface area contributed by atoms with Crippen molar-refractivity contribution >= 4 is 40.4 Å². The number of methoxy groups -OCH3 is 1. The fourth-order valence-corrected chi connectivity index (χ4v) is 3.88. The molecular formula is C17H14ClNO4S. The van der Waals surface area contributed by atoms with Gasteiger partial charge in [0.05, 0.1) is 34.7 Å². The number of thiophene rings is 1. The van der Waals surface area contributed by atoms with Crippen molar-refractivity contribution in [1.82, 2.24) is 0 Å². The number of halogens is 1. The molecule has 7 heteroatoms. The molecule has 0 atom stereocenters. The molecular weight excluding hydrogens is 350 g/mol. The van der Waals surface area contributed by atoms with Crippen LogP contribution in [0, 0.1) is 0 Å². The SMILES string of the molecule is COC1=C(Cl)CC2=NC(C)=C(CC(=O)O)C2=C1C(=O)c1cccs1. The molecule has 0 saturated heterocycles. The minimum atomic E-state index is -0.976. The Bertz CT molecular complexity index is 859. The molecule has 1 aliphatic carbocycles. The van der Waals surface area contributed by atoms with E-state index in [9.17, 15) is 14.7 Å². The Balaban J connectivity index is 2.23. The standard InChI is InChI=1S/C17H14ClNO4S/c1-8-9(6-13(20)21)14-11(19-8)7-10(18)17(23-2)15(14)16(22)12-4-3-5-24-12/h3-5H,6-7H2,1-2H3,(H,20,21). The maximum absolute atomic E-state index is 13.0. The van der Waals surface area contributed by atoms with E-state index in [0.29, 0.717) is 50.2 Å². The predicted molar refractivity (Wildman–Crippen MR) is 92.6 cm³/mol. The molecule has 124 valence electrons. The Morgan fingerprint density at radius 2 is 2.21 bits per heavy atom. The first-order valence-electron chi connectivity index (χ1n) is 7.19. The molecule has 1 aromatic heterocycles. The van der Waals surface area contributed by atoms with E-state index < -0.39 is 5.97 Å². The first-order chi connectivity index (χ1) is 11.4. The van der Waals surface area contributed by atoms with Crippen LogP contribution in [0.5, 0.6) is 0 Å². The molecule has 24 heavy (non-hydrogen) atoms. The number of rotatable bonds is 5. The molecule has 0 amide bonds. The highest BCUT2D eigenvalue weighted by Crippen LogP contribution is 2.42. The van der Waals surface area contributed by atoms with Crippen LogP contribution >= 0.6 is 22.9 Å². The average Bonchev–Trinajstić information content (AvgIpc) is 3.14. The normalized spacial score (nSPS) is 17.2. The van der Waals surface area contributed by atoms with E-state index >= 15 is 0 Å². The van der Waals surface area contributed by atoms with Gasteiger partial charge in [-0.05, 0) is 23.9 Å². The maximum Gasteiger partial charge on any atom is 0.307 e. The Kier molecular flexibility index (Phi) is 4.43. The Morgan fingerprint density at radius 3 is 2.79 bits per heavy atom. The van der Waals surface area contributed by atoms with Gasteiger partial charge in [0.1, 0.15) is 5.76 Å². The van der Waals surface area contributed by atoms with E-state index in [0.717, 1.165) is 0 Å². The Labute approximate surface area is 147 Å². The summed E-state index contributed by atoms with van der Waals surface area (Å²) < 4.78 is 5.38. The van der Waals surface area contributed by atoms with Crippen LogP contribution in [0.1, 0.15) is 29.4 Å². The van der Waals surface area contributed by atoms with Crippen LogP contribution in [0.15, 0.2) is 55.7 Å². The number of nitrogens with zero attached hydrogens (tertiary/aromatic N) is 1. The van der Waals surface area contributed by atoms with Crippen molar-refractivity contribution in [3.05, 3.63) is 55.6 Å². The van der Waals surface area contributed by atoms with Gasteiger partial charge in [-0.25, -0.2) is 0 Å². The third kappa shape index (κ3) is 2.72. The summed E-state index contributed by atoms with van der Waals surface area (Å²) >= 11 is 7.62. The number of carbonyl (C=O) groups is 2. The van der Waals surface area contributed by atoms with Crippen LogP contribution < -0.4 is 0 Å². The van der Waals surface area contributed by atoms with Crippen LogP contribution in [0.4, 0.5) is 0 Å². The molecule has 2 heterocycles. The molecule has 1 aliphatic heterocycles. The van der Waals surface area contributed by atoms with Gasteiger partial charge in [0.25, 0.3) is 0 Å². The number of ketones is 1. The van der Waals surface area contributed by atoms with Gasteiger partial charge >= 0.3 is 5.97 Å². The van der Waals surface area contributed by atoms with Gasteiger partial charge in [0, 0.05) is 17.7 Å². The molecule has 0 aromatic carbocycles. The van der Waals surface area contributed by atoms with Crippen LogP contribution in [0.25, 0.3) is 0 Å². The van der Waals surface area contributed by atoms with Crippen LogP contribution in [-0.4, -0.2) is 29.7 Å². The summed E-state index contributed by atoms with van der Waals surface area (Å²) in [6.45, 7) is 1.74. The Morgan fingerprint density at radius 1 is 1.46 bits per heavy atom. The van der Waals surface area contributed by atoms with Gasteiger partial charge in [-0.2, -0.15) is 0 Å². The number of carbonyl (C=O) groups excluding carboxylic acids is 1. The molecule has 2 aliphatic rings. The molecule has 0 radical (unpaired) electrons. The lowest BCUT2D eigenvalue weighted by Crippen LogP contribution is -2.20. The largest absolute Gasteiger partial charge is 0.495 e. The number of carboxylic acid groups (broad SMARTS) is 1. The number of allylic oxidation sites excluding steroid dienone is 4. The van der Waals surface area contributed by atoms with Crippen molar-refractivity contribution in [2.24, 2.45) is 4.99 Å². The van der Waals surface area contributed by atoms with Gasteiger partial charge < -0.3 is 9.84 Å². The monoisotopic (exact) mass is 363 g/mol. The molecule has 0 fully saturated rings. The molecule has 5 nitrogen and oxygen atoms in total. The summed E-state index contributed by atoms with van der Waals surface area (Å²) in [5, 5.41) is 11.4. The maximum atomic E-state index is 13.0. The number of aliphatic imine (C=N–C) groups is 1. The topological polar surface area (TPSA) is 76.0 Å². The summed E-state index contributed by atoms with van der Waals surface area (Å²) in [6.07, 6.45) is 0.117. The van der Waals surface area contributed by atoms with Crippen molar-refractivity contribution in [1.29, 1.82) is 0 Å². The number of Topliss-reactive ketones (excluding diaryl/α,β-unsaturated/α-hetero) is 1. The van der Waals surface area contributed by atoms with Crippen molar-refractivity contribution in [3.63, 3.8) is 0 Å². The third-order valence-electron chi connectivity index (χ3n) is 3.88. The van der Waals surface area contributed by atoms with Gasteiger partial charge in [-0.1, -0.05) is 17.7 Å². The van der Waals surface area contributed by atoms with E-state index in [1.807, 2.05) is 5.38 Å². The quantitative estimate of drug-likeness (QED) is 0.804. The van der Waals surface area contributed by atoms with E-state index in [2.05, 4.69) is 4.99 Å². The van der Waals surface area contributed by atoms with Crippen LogP contribution in [-0.2, 0) is 9.53 Å². The van der Waals surface area contributed by atoms with Gasteiger partial charge in [-0.3, -0.25) is 14.6 Å². The van der Waals surface area contributed by atoms with Crippen molar-refractivity contribution in [3.8, 4) is 0 Å². The average molecular weight is 364 g/mol. The third-order valence-corrected chi connectivity index (χ3v) is 5.05. The molecule has 3 rings (SSSR count). The van der Waals surface area contributed by atoms with Gasteiger partial charge in [0.2, 0.25) is 5.78 Å². The fourth-order valence-electron chi connectivity index (χ4n) is 2.91. The zero-order valence-electron chi connectivity index (χ0n) is 13.1. The molecule has 1 aromatic rings. The minimum absolute atomic E-state index is 0.204. The van der Waals surface area contributed by atoms with Crippen molar-refractivity contribution in [2.45, 2.75) is 19.8 Å². The van der Waals surface area contributed by atoms with Gasteiger partial charge in [0.15, 0.2) is 0 Å². The summed E-state index contributed by atoms with van der Waals surface area (Å²) in [4.78, 5) is 29.2. The van der Waals surface area contributed by atoms with Crippen molar-refractivity contribution < 1.29 is 19.4 Å². The lowest BCUT2D eigenvalue weighted by atomic mass is 9.86. The van der Waals surface area contributed by atoms with Gasteiger partial charge in [-0.15, -0.1) is 11.3 Å². The Hall–Kier alpha value is -2.18. The smallest absolute Gasteiger partial charge is 0.307 e. The first-order valence-corrected chi connectivity index (χ1v) is 8.45. The zero-order valence-corrected chi connectivity index (χ0v) is 14.6. The van der Waals surface area contributed by atoms with E-state index in [-0.39, 0.29) is 12.2 Å². The molecule has 0 spiro atoms. The second-order valence-corrected chi connectivity index (χ2v) is 6.77. The van der Waals surface area contributed by atoms with E-state index in [4.69, 9.17) is 16.3 Å².